The molecule has 0 unspecified atom stereocenters. The molecular weight excluding hydrogens is 464 g/mol. The molecule has 2 saturated heterocycles. The maximum absolute atomic E-state index is 5.43. The first-order valence-electron chi connectivity index (χ1n) is 13.2. The van der Waals surface area contributed by atoms with E-state index in [1.54, 1.807) is 0 Å². The van der Waals surface area contributed by atoms with E-state index in [9.17, 15) is 0 Å². The van der Waals surface area contributed by atoms with Crippen LogP contribution in [0.4, 0.5) is 5.69 Å². The van der Waals surface area contributed by atoms with Crippen molar-refractivity contribution < 1.29 is 4.74 Å². The molecule has 2 fully saturated rings. The van der Waals surface area contributed by atoms with Crippen LogP contribution in [-0.2, 0) is 17.7 Å². The summed E-state index contributed by atoms with van der Waals surface area (Å²) < 4.78 is 7.32. The van der Waals surface area contributed by atoms with E-state index in [-0.39, 0.29) is 0 Å². The van der Waals surface area contributed by atoms with Crippen molar-refractivity contribution in [2.75, 3.05) is 44.3 Å². The molecule has 2 aliphatic heterocycles. The number of hydrogen-bond donors (Lipinski definition) is 0. The van der Waals surface area contributed by atoms with Gasteiger partial charge < -0.3 is 9.64 Å². The molecule has 4 aromatic rings. The number of morpholine rings is 1. The Bertz CT molecular complexity index is 1380. The van der Waals surface area contributed by atoms with Gasteiger partial charge in [0.1, 0.15) is 5.82 Å². The van der Waals surface area contributed by atoms with Crippen molar-refractivity contribution >= 4 is 11.5 Å². The molecule has 6 rings (SSSR count). The minimum Gasteiger partial charge on any atom is -0.379 e. The number of nitrogens with zero attached hydrogens (tertiary/aromatic N) is 8. The van der Waals surface area contributed by atoms with Crippen LogP contribution < -0.4 is 4.90 Å². The van der Waals surface area contributed by atoms with Crippen LogP contribution in [0, 0.1) is 26.7 Å². The molecule has 3 aromatic heterocycles. The van der Waals surface area contributed by atoms with Crippen molar-refractivity contribution in [1.82, 2.24) is 34.7 Å². The molecule has 0 amide bonds. The van der Waals surface area contributed by atoms with Crippen molar-refractivity contribution in [1.29, 1.82) is 0 Å². The first-order chi connectivity index (χ1) is 18.0. The third kappa shape index (κ3) is 5.06. The number of anilines is 1. The van der Waals surface area contributed by atoms with Crippen molar-refractivity contribution in [3.8, 4) is 11.3 Å². The summed E-state index contributed by atoms with van der Waals surface area (Å²) in [6.45, 7) is 12.6. The van der Waals surface area contributed by atoms with Gasteiger partial charge in [-0.15, -0.1) is 0 Å². The monoisotopic (exact) mass is 498 g/mol. The predicted molar refractivity (Wildman–Crippen MR) is 143 cm³/mol. The van der Waals surface area contributed by atoms with Crippen LogP contribution in [0.15, 0.2) is 36.4 Å². The highest BCUT2D eigenvalue weighted by molar-refractivity contribution is 5.63. The van der Waals surface area contributed by atoms with Crippen molar-refractivity contribution in [3.05, 3.63) is 64.9 Å². The number of ether oxygens (including phenoxy) is 1. The quantitative estimate of drug-likeness (QED) is 0.400. The Morgan fingerprint density at radius 3 is 2.49 bits per heavy atom. The van der Waals surface area contributed by atoms with E-state index >= 15 is 0 Å². The number of fused-ring (bicyclic) bond motifs is 1. The lowest BCUT2D eigenvalue weighted by molar-refractivity contribution is 0.0335. The summed E-state index contributed by atoms with van der Waals surface area (Å²) in [5.74, 6) is 2.05. The predicted octanol–water partition coefficient (Wildman–Crippen LogP) is 3.41. The molecule has 1 atom stereocenters. The second-order valence-electron chi connectivity index (χ2n) is 10.3. The molecule has 5 heterocycles. The second kappa shape index (κ2) is 10.1. The Labute approximate surface area is 217 Å². The van der Waals surface area contributed by atoms with Crippen LogP contribution in [-0.4, -0.2) is 74.1 Å². The topological polar surface area (TPSA) is 84.6 Å². The van der Waals surface area contributed by atoms with Gasteiger partial charge in [-0.3, -0.25) is 4.90 Å². The van der Waals surface area contributed by atoms with Crippen LogP contribution in [0.2, 0.25) is 0 Å². The van der Waals surface area contributed by atoms with Crippen molar-refractivity contribution in [2.45, 2.75) is 40.2 Å². The molecule has 1 aromatic carbocycles. The Morgan fingerprint density at radius 2 is 1.73 bits per heavy atom. The van der Waals surface area contributed by atoms with Crippen LogP contribution in [0.5, 0.6) is 0 Å². The molecule has 0 aliphatic carbocycles. The normalized spacial score (nSPS) is 18.7. The zero-order chi connectivity index (χ0) is 25.4. The number of hydrogen-bond acceptors (Lipinski definition) is 8. The summed E-state index contributed by atoms with van der Waals surface area (Å²) in [6, 6.07) is 12.9. The van der Waals surface area contributed by atoms with Gasteiger partial charge in [-0.25, -0.2) is 9.50 Å². The SMILES string of the molecule is Cc1nc2nc(C)c(C[C@@H]3CCN(c4ccc(-c5ccc(CN6CCOCC6)nn5)cc4)C3)c(C)n2n1. The number of rotatable bonds is 6. The van der Waals surface area contributed by atoms with E-state index in [4.69, 9.17) is 9.72 Å². The summed E-state index contributed by atoms with van der Waals surface area (Å²) in [4.78, 5) is 14.0. The fourth-order valence-electron chi connectivity index (χ4n) is 5.56. The van der Waals surface area contributed by atoms with Gasteiger partial charge in [-0.2, -0.15) is 20.3 Å². The lowest BCUT2D eigenvalue weighted by atomic mass is 9.96. The number of benzene rings is 1. The fraction of sp³-hybridized carbons (Fsp3) is 0.464. The summed E-state index contributed by atoms with van der Waals surface area (Å²) in [5.41, 5.74) is 7.80. The molecule has 37 heavy (non-hydrogen) atoms. The Kier molecular flexibility index (Phi) is 6.56. The largest absolute Gasteiger partial charge is 0.379 e. The molecular formula is C28H34N8O. The van der Waals surface area contributed by atoms with Gasteiger partial charge in [-0.1, -0.05) is 12.1 Å². The van der Waals surface area contributed by atoms with Gasteiger partial charge in [0, 0.05) is 55.4 Å². The molecule has 2 aliphatic rings. The average Bonchev–Trinajstić information content (AvgIpc) is 3.54. The standard InChI is InChI=1S/C28H34N8O/c1-19-26(20(2)36-28(29-19)30-21(3)33-36)16-22-10-11-35(17-22)25-7-4-23(5-8-25)27-9-6-24(31-32-27)18-34-12-14-37-15-13-34/h4-9,22H,10-18H2,1-3H3/t22-/m0/s1. The van der Waals surface area contributed by atoms with E-state index in [2.05, 4.69) is 80.3 Å². The van der Waals surface area contributed by atoms with E-state index < -0.39 is 0 Å². The van der Waals surface area contributed by atoms with Gasteiger partial charge in [0.15, 0.2) is 0 Å². The van der Waals surface area contributed by atoms with E-state index in [1.165, 1.54) is 17.7 Å². The average molecular weight is 499 g/mol. The van der Waals surface area contributed by atoms with E-state index in [0.717, 1.165) is 86.5 Å². The molecule has 9 nitrogen and oxygen atoms in total. The zero-order valence-electron chi connectivity index (χ0n) is 21.9. The molecule has 0 saturated carbocycles. The molecule has 0 N–H and O–H groups in total. The number of aromatic nitrogens is 6. The first kappa shape index (κ1) is 23.9. The Hall–Kier alpha value is -3.43. The van der Waals surface area contributed by atoms with E-state index in [1.807, 2.05) is 11.4 Å². The maximum atomic E-state index is 5.43. The van der Waals surface area contributed by atoms with Gasteiger partial charge in [-0.05, 0) is 69.4 Å². The van der Waals surface area contributed by atoms with Gasteiger partial charge in [0.05, 0.1) is 24.6 Å². The van der Waals surface area contributed by atoms with Crippen LogP contribution in [0.1, 0.15) is 34.9 Å². The smallest absolute Gasteiger partial charge is 0.252 e. The molecule has 0 bridgehead atoms. The minimum absolute atomic E-state index is 0.589. The zero-order valence-corrected chi connectivity index (χ0v) is 21.9. The van der Waals surface area contributed by atoms with Crippen molar-refractivity contribution in [2.24, 2.45) is 5.92 Å². The lowest BCUT2D eigenvalue weighted by Crippen LogP contribution is -2.35. The second-order valence-corrected chi connectivity index (χ2v) is 10.3. The highest BCUT2D eigenvalue weighted by atomic mass is 16.5. The molecule has 9 heteroatoms. The van der Waals surface area contributed by atoms with Crippen molar-refractivity contribution in [3.63, 3.8) is 0 Å². The molecule has 0 radical (unpaired) electrons. The highest BCUT2D eigenvalue weighted by Crippen LogP contribution is 2.29. The summed E-state index contributed by atoms with van der Waals surface area (Å²) in [7, 11) is 0. The Balaban J connectivity index is 1.09. The minimum atomic E-state index is 0.589. The lowest BCUT2D eigenvalue weighted by Gasteiger charge is -2.25. The Morgan fingerprint density at radius 1 is 0.919 bits per heavy atom. The third-order valence-electron chi connectivity index (χ3n) is 7.67. The van der Waals surface area contributed by atoms with Crippen LogP contribution >= 0.6 is 0 Å². The third-order valence-corrected chi connectivity index (χ3v) is 7.67. The first-order valence-corrected chi connectivity index (χ1v) is 13.2. The van der Waals surface area contributed by atoms with Crippen LogP contribution in [0.3, 0.4) is 0 Å². The highest BCUT2D eigenvalue weighted by Gasteiger charge is 2.25. The molecule has 0 spiro atoms. The molecule has 192 valence electrons. The number of aryl methyl sites for hydroxylation is 3. The summed E-state index contributed by atoms with van der Waals surface area (Å²) >= 11 is 0. The summed E-state index contributed by atoms with van der Waals surface area (Å²) in [5, 5.41) is 13.5. The van der Waals surface area contributed by atoms with Gasteiger partial charge >= 0.3 is 0 Å². The van der Waals surface area contributed by atoms with Gasteiger partial charge in [0.25, 0.3) is 5.78 Å². The maximum Gasteiger partial charge on any atom is 0.252 e. The van der Waals surface area contributed by atoms with Crippen LogP contribution in [0.25, 0.3) is 17.0 Å². The van der Waals surface area contributed by atoms with E-state index in [0.29, 0.717) is 11.7 Å². The summed E-state index contributed by atoms with van der Waals surface area (Å²) in [6.07, 6.45) is 2.19. The van der Waals surface area contributed by atoms with Gasteiger partial charge in [0.2, 0.25) is 0 Å². The fourth-order valence-corrected chi connectivity index (χ4v) is 5.56.